The number of aromatic hydroxyl groups is 1. The summed E-state index contributed by atoms with van der Waals surface area (Å²) in [6.45, 7) is 4.75. The molecule has 0 heterocycles. The molecule has 11 N–H and O–H groups in total. The number of primary amides is 1. The third kappa shape index (κ3) is 14.9. The smallest absolute Gasteiger partial charge is 0.243 e. The van der Waals surface area contributed by atoms with Crippen molar-refractivity contribution in [1.82, 2.24) is 36.5 Å². The van der Waals surface area contributed by atoms with Crippen LogP contribution in [-0.2, 0) is 32.0 Å². The standard InChI is InChI=1S/C32H52N9O5P3/c1-19-15-22(42)16-20(2)23(19)18-27(39-30(45)25(40-48)12-8-13-35-32(34)41-49)31(46)37-24(11-6-7-14-36-47)29(44)38-26(28(33)43)17-21-9-4-3-5-10-21/h3-5,9-10,15-16,24-27,36,40,42H,6-8,11-14,17-18,47-49H2,1-2H3,(H2,33,43)(H,37,46)(H,38,44)(H,39,45)(H3,34,35,41). The number of aryl methyl sites for hydroxylation is 2. The summed E-state index contributed by atoms with van der Waals surface area (Å²) in [6.07, 6.45) is 2.83. The van der Waals surface area contributed by atoms with Gasteiger partial charge in [0.25, 0.3) is 0 Å². The van der Waals surface area contributed by atoms with Crippen LogP contribution in [0.1, 0.15) is 54.4 Å². The van der Waals surface area contributed by atoms with Crippen molar-refractivity contribution in [3.8, 4) is 5.75 Å². The van der Waals surface area contributed by atoms with Gasteiger partial charge in [-0.2, -0.15) is 0 Å². The zero-order chi connectivity index (χ0) is 36.3. The molecule has 0 aromatic heterocycles. The number of nitrogens with two attached hydrogens (primary N) is 1. The Labute approximate surface area is 295 Å². The van der Waals surface area contributed by atoms with Gasteiger partial charge in [0.05, 0.1) is 6.04 Å². The second-order valence-corrected chi connectivity index (χ2v) is 12.8. The van der Waals surface area contributed by atoms with E-state index in [-0.39, 0.29) is 31.0 Å². The number of phenolic OH excluding ortho intramolecular Hbond substituents is 1. The predicted octanol–water partition coefficient (Wildman–Crippen LogP) is 0.717. The molecule has 2 aromatic carbocycles. The van der Waals surface area contributed by atoms with Gasteiger partial charge in [-0.25, -0.2) is 0 Å². The molecule has 2 aromatic rings. The molecule has 0 spiro atoms. The van der Waals surface area contributed by atoms with E-state index in [2.05, 4.69) is 64.7 Å². The molecule has 7 unspecified atom stereocenters. The molecule has 0 bridgehead atoms. The van der Waals surface area contributed by atoms with Gasteiger partial charge < -0.3 is 42.3 Å². The Bertz CT molecular complexity index is 1380. The first-order valence-electron chi connectivity index (χ1n) is 16.1. The van der Waals surface area contributed by atoms with Crippen molar-refractivity contribution in [2.75, 3.05) is 13.1 Å². The molecule has 0 fully saturated rings. The SMILES string of the molecule is Cc1cc(O)cc(C)c1CC(NC(=O)C(CCCNC(=N)NP)NP)C(=O)NC(CCCCNP)C(=O)NC(Cc1ccccc1)C(N)=O. The van der Waals surface area contributed by atoms with Crippen molar-refractivity contribution >= 4 is 57.8 Å². The summed E-state index contributed by atoms with van der Waals surface area (Å²) in [6, 6.07) is 8.58. The average molecular weight is 736 g/mol. The van der Waals surface area contributed by atoms with Gasteiger partial charge in [0.15, 0.2) is 5.96 Å². The Hall–Kier alpha value is -3.40. The van der Waals surface area contributed by atoms with Gasteiger partial charge in [0.1, 0.15) is 23.9 Å². The van der Waals surface area contributed by atoms with Crippen LogP contribution >= 0.6 is 28.2 Å². The van der Waals surface area contributed by atoms with Gasteiger partial charge in [-0.3, -0.25) is 29.7 Å². The van der Waals surface area contributed by atoms with Crippen LogP contribution in [0, 0.1) is 19.3 Å². The summed E-state index contributed by atoms with van der Waals surface area (Å²) in [5.41, 5.74) is 8.73. The molecule has 0 radical (unpaired) electrons. The van der Waals surface area contributed by atoms with Crippen molar-refractivity contribution < 1.29 is 24.3 Å². The van der Waals surface area contributed by atoms with E-state index in [0.29, 0.717) is 32.4 Å². The van der Waals surface area contributed by atoms with Gasteiger partial charge in [-0.15, -0.1) is 0 Å². The molecule has 7 atom stereocenters. The Morgan fingerprint density at radius 1 is 0.776 bits per heavy atom. The number of nitrogens with one attached hydrogen (secondary N) is 8. The van der Waals surface area contributed by atoms with Crippen LogP contribution in [0.3, 0.4) is 0 Å². The highest BCUT2D eigenvalue weighted by Gasteiger charge is 2.31. The van der Waals surface area contributed by atoms with E-state index in [1.54, 1.807) is 12.1 Å². The zero-order valence-electron chi connectivity index (χ0n) is 28.1. The van der Waals surface area contributed by atoms with Crippen LogP contribution in [-0.4, -0.2) is 72.0 Å². The summed E-state index contributed by atoms with van der Waals surface area (Å²) in [5, 5.41) is 37.6. The molecule has 0 saturated carbocycles. The highest BCUT2D eigenvalue weighted by atomic mass is 31.0. The van der Waals surface area contributed by atoms with E-state index in [4.69, 9.17) is 11.1 Å². The van der Waals surface area contributed by atoms with E-state index < -0.39 is 47.8 Å². The summed E-state index contributed by atoms with van der Waals surface area (Å²) < 4.78 is 0. The van der Waals surface area contributed by atoms with Gasteiger partial charge >= 0.3 is 0 Å². The minimum Gasteiger partial charge on any atom is -0.508 e. The average Bonchev–Trinajstić information content (AvgIpc) is 3.06. The topological polar surface area (TPSA) is 223 Å². The van der Waals surface area contributed by atoms with Crippen molar-refractivity contribution in [3.63, 3.8) is 0 Å². The Morgan fingerprint density at radius 3 is 1.94 bits per heavy atom. The quantitative estimate of drug-likeness (QED) is 0.0377. The third-order valence-corrected chi connectivity index (χ3v) is 8.97. The Balaban J connectivity index is 2.32. The number of amides is 4. The molecule has 14 nitrogen and oxygen atoms in total. The zero-order valence-corrected chi connectivity index (χ0v) is 31.6. The molecule has 0 aliphatic rings. The van der Waals surface area contributed by atoms with Crippen LogP contribution in [0.4, 0.5) is 0 Å². The molecular formula is C32H52N9O5P3. The Morgan fingerprint density at radius 2 is 1.35 bits per heavy atom. The summed E-state index contributed by atoms with van der Waals surface area (Å²) >= 11 is 0. The molecule has 17 heteroatoms. The summed E-state index contributed by atoms with van der Waals surface area (Å²) in [7, 11) is 6.99. The molecule has 49 heavy (non-hydrogen) atoms. The largest absolute Gasteiger partial charge is 0.508 e. The fraction of sp³-hybridized carbons (Fsp3) is 0.469. The predicted molar refractivity (Wildman–Crippen MR) is 202 cm³/mol. The highest BCUT2D eigenvalue weighted by molar-refractivity contribution is 7.15. The van der Waals surface area contributed by atoms with Gasteiger partial charge in [-0.1, -0.05) is 49.1 Å². The van der Waals surface area contributed by atoms with E-state index in [0.717, 1.165) is 28.7 Å². The Kier molecular flexibility index (Phi) is 19.0. The van der Waals surface area contributed by atoms with Crippen LogP contribution in [0.5, 0.6) is 5.75 Å². The lowest BCUT2D eigenvalue weighted by atomic mass is 9.95. The first-order chi connectivity index (χ1) is 23.4. The second-order valence-electron chi connectivity index (χ2n) is 11.8. The monoisotopic (exact) mass is 735 g/mol. The molecule has 270 valence electrons. The van der Waals surface area contributed by atoms with Crippen LogP contribution in [0.15, 0.2) is 42.5 Å². The number of phenols is 1. The number of carbonyl (C=O) groups is 4. The maximum Gasteiger partial charge on any atom is 0.243 e. The minimum absolute atomic E-state index is 0.0887. The second kappa shape index (κ2) is 22.3. The number of carbonyl (C=O) groups excluding carboxylic acids is 4. The normalized spacial score (nSPS) is 13.3. The van der Waals surface area contributed by atoms with Gasteiger partial charge in [0.2, 0.25) is 23.6 Å². The van der Waals surface area contributed by atoms with Gasteiger partial charge in [0, 0.05) is 19.4 Å². The maximum atomic E-state index is 14.0. The van der Waals surface area contributed by atoms with E-state index >= 15 is 0 Å². The van der Waals surface area contributed by atoms with Crippen LogP contribution < -0.4 is 42.3 Å². The van der Waals surface area contributed by atoms with Crippen LogP contribution in [0.2, 0.25) is 0 Å². The number of rotatable bonds is 21. The lowest BCUT2D eigenvalue weighted by molar-refractivity contribution is -0.133. The number of hydrogen-bond donors (Lipinski definition) is 10. The molecule has 0 saturated heterocycles. The van der Waals surface area contributed by atoms with E-state index in [1.807, 2.05) is 44.2 Å². The summed E-state index contributed by atoms with van der Waals surface area (Å²) in [4.78, 5) is 53.6. The lowest BCUT2D eigenvalue weighted by Crippen LogP contribution is -2.58. The number of guanidine groups is 1. The third-order valence-electron chi connectivity index (χ3n) is 7.99. The molecular weight excluding hydrogens is 683 g/mol. The van der Waals surface area contributed by atoms with Gasteiger partial charge in [-0.05, 0) is 96.3 Å². The fourth-order valence-corrected chi connectivity index (χ4v) is 5.92. The summed E-state index contributed by atoms with van der Waals surface area (Å²) in [5.74, 6) is -2.04. The van der Waals surface area contributed by atoms with Crippen molar-refractivity contribution in [3.05, 3.63) is 64.7 Å². The minimum atomic E-state index is -1.08. The van der Waals surface area contributed by atoms with E-state index in [1.165, 1.54) is 0 Å². The molecule has 0 aliphatic heterocycles. The molecule has 0 aliphatic carbocycles. The molecule has 2 rings (SSSR count). The van der Waals surface area contributed by atoms with E-state index in [9.17, 15) is 24.3 Å². The van der Waals surface area contributed by atoms with Crippen molar-refractivity contribution in [1.29, 1.82) is 5.41 Å². The number of unbranched alkanes of at least 4 members (excludes halogenated alkanes) is 1. The highest BCUT2D eigenvalue weighted by Crippen LogP contribution is 2.22. The first kappa shape index (κ1) is 41.8. The maximum absolute atomic E-state index is 14.0. The fourth-order valence-electron chi connectivity index (χ4n) is 5.30. The number of benzene rings is 2. The van der Waals surface area contributed by atoms with Crippen molar-refractivity contribution in [2.45, 2.75) is 83.0 Å². The van der Waals surface area contributed by atoms with Crippen molar-refractivity contribution in [2.24, 2.45) is 5.73 Å². The molecule has 4 amide bonds. The number of hydrogen-bond acceptors (Lipinski definition) is 8. The van der Waals surface area contributed by atoms with Crippen LogP contribution in [0.25, 0.3) is 0 Å². The first-order valence-corrected chi connectivity index (χ1v) is 17.8. The lowest BCUT2D eigenvalue weighted by Gasteiger charge is -2.27.